The number of fused-ring (bicyclic) bond motifs is 2. The largest absolute Gasteiger partial charge is 0.422 e. The summed E-state index contributed by atoms with van der Waals surface area (Å²) in [5.74, 6) is -0.0181. The molecule has 0 fully saturated rings. The third-order valence-corrected chi connectivity index (χ3v) is 5.23. The van der Waals surface area contributed by atoms with Gasteiger partial charge in [0.05, 0.1) is 10.5 Å². The molecule has 1 aromatic heterocycles. The Kier molecular flexibility index (Phi) is 3.71. The second-order valence-corrected chi connectivity index (χ2v) is 6.45. The van der Waals surface area contributed by atoms with Crippen LogP contribution in [-0.2, 0) is 6.42 Å². The topological polar surface area (TPSA) is 50.4 Å². The molecule has 0 spiro atoms. The average Bonchev–Trinajstić information content (AvgIpc) is 2.60. The van der Waals surface area contributed by atoms with Crippen molar-refractivity contribution < 1.29 is 8.97 Å². The lowest BCUT2D eigenvalue weighted by Crippen LogP contribution is -2.19. The Balaban J connectivity index is 2.00. The molecule has 1 aliphatic rings. The van der Waals surface area contributed by atoms with Crippen molar-refractivity contribution in [2.45, 2.75) is 30.1 Å². The van der Waals surface area contributed by atoms with Gasteiger partial charge in [0.15, 0.2) is 0 Å². The number of hydrogen-bond donors (Lipinski definition) is 1. The van der Waals surface area contributed by atoms with Crippen molar-refractivity contribution in [3.05, 3.63) is 75.6 Å². The summed E-state index contributed by atoms with van der Waals surface area (Å²) in [6.45, 7) is 0. The zero-order valence-corrected chi connectivity index (χ0v) is 13.3. The van der Waals surface area contributed by atoms with Gasteiger partial charge in [0, 0.05) is 23.3 Å². The van der Waals surface area contributed by atoms with E-state index in [1.165, 1.54) is 11.1 Å². The molecule has 0 saturated heterocycles. The van der Waals surface area contributed by atoms with Crippen LogP contribution in [0.25, 0.3) is 11.0 Å². The molecule has 4 rings (SSSR count). The molecular weight excluding hydrogens is 308 g/mol. The Morgan fingerprint density at radius 1 is 1.09 bits per heavy atom. The first-order valence-corrected chi connectivity index (χ1v) is 8.52. The van der Waals surface area contributed by atoms with Crippen molar-refractivity contribution >= 4 is 23.0 Å². The summed E-state index contributed by atoms with van der Waals surface area (Å²) in [6, 6.07) is 15.6. The average molecular weight is 324 g/mol. The Bertz CT molecular complexity index is 929. The van der Waals surface area contributed by atoms with Gasteiger partial charge in [-0.1, -0.05) is 42.5 Å². The van der Waals surface area contributed by atoms with E-state index in [2.05, 4.69) is 12.1 Å². The van der Waals surface area contributed by atoms with E-state index in [-0.39, 0.29) is 11.5 Å². The molecule has 0 bridgehead atoms. The van der Waals surface area contributed by atoms with Crippen molar-refractivity contribution in [2.24, 2.45) is 0 Å². The summed E-state index contributed by atoms with van der Waals surface area (Å²) < 4.78 is 15.4. The molecule has 4 heteroatoms. The number of para-hydroxylation sites is 1. The van der Waals surface area contributed by atoms with Gasteiger partial charge in [-0.25, -0.2) is 4.79 Å². The summed E-state index contributed by atoms with van der Waals surface area (Å²) in [5.41, 5.74) is 3.22. The molecule has 3 nitrogen and oxygen atoms in total. The van der Waals surface area contributed by atoms with Crippen LogP contribution >= 0.6 is 12.0 Å². The summed E-state index contributed by atoms with van der Waals surface area (Å²) in [5, 5.41) is 0.789. The first-order chi connectivity index (χ1) is 11.3. The quantitative estimate of drug-likeness (QED) is 0.542. The maximum Gasteiger partial charge on any atom is 0.341 e. The van der Waals surface area contributed by atoms with Crippen molar-refractivity contribution in [3.8, 4) is 0 Å². The van der Waals surface area contributed by atoms with E-state index in [0.29, 0.717) is 28.1 Å². The second-order valence-electron chi connectivity index (χ2n) is 5.86. The zero-order chi connectivity index (χ0) is 15.8. The van der Waals surface area contributed by atoms with Crippen LogP contribution in [0.2, 0.25) is 0 Å². The smallest absolute Gasteiger partial charge is 0.341 e. The second kappa shape index (κ2) is 5.87. The van der Waals surface area contributed by atoms with Crippen molar-refractivity contribution in [1.29, 1.82) is 0 Å². The van der Waals surface area contributed by atoms with Gasteiger partial charge in [0.25, 0.3) is 0 Å². The lowest BCUT2D eigenvalue weighted by Gasteiger charge is -2.26. The van der Waals surface area contributed by atoms with E-state index >= 15 is 0 Å². The maximum atomic E-state index is 12.6. The molecule has 0 amide bonds. The minimum absolute atomic E-state index is 0.0181. The van der Waals surface area contributed by atoms with E-state index in [1.807, 2.05) is 30.3 Å². The fourth-order valence-corrected chi connectivity index (χ4v) is 4.18. The highest BCUT2D eigenvalue weighted by atomic mass is 32.2. The molecule has 1 N–H and O–H groups in total. The van der Waals surface area contributed by atoms with Crippen LogP contribution in [0.5, 0.6) is 0 Å². The molecule has 1 aliphatic carbocycles. The highest BCUT2D eigenvalue weighted by Crippen LogP contribution is 2.40. The van der Waals surface area contributed by atoms with E-state index in [9.17, 15) is 9.35 Å². The molecule has 0 saturated carbocycles. The van der Waals surface area contributed by atoms with Gasteiger partial charge in [-0.05, 0) is 36.5 Å². The Labute approximate surface area is 138 Å². The molecular formula is C19H16O3S. The predicted molar refractivity (Wildman–Crippen MR) is 92.2 cm³/mol. The number of hydrogen-bond acceptors (Lipinski definition) is 4. The lowest BCUT2D eigenvalue weighted by atomic mass is 9.79. The van der Waals surface area contributed by atoms with Gasteiger partial charge >= 0.3 is 5.63 Å². The molecule has 3 aromatic rings. The SMILES string of the molecule is O=c1oc2ccccc2c(SO)c1C1CCCc2ccccc21. The van der Waals surface area contributed by atoms with Crippen LogP contribution in [0.3, 0.4) is 0 Å². The number of aryl methyl sites for hydroxylation is 1. The summed E-state index contributed by atoms with van der Waals surface area (Å²) in [6.07, 6.45) is 2.96. The highest BCUT2D eigenvalue weighted by molar-refractivity contribution is 7.94. The van der Waals surface area contributed by atoms with Gasteiger partial charge in [0.2, 0.25) is 0 Å². The summed E-state index contributed by atoms with van der Waals surface area (Å²) in [7, 11) is 0. The normalized spacial score (nSPS) is 17.2. The Hall–Kier alpha value is -2.04. The van der Waals surface area contributed by atoms with Crippen LogP contribution in [0.1, 0.15) is 35.4 Å². The van der Waals surface area contributed by atoms with Crippen LogP contribution < -0.4 is 5.63 Å². The van der Waals surface area contributed by atoms with E-state index < -0.39 is 0 Å². The standard InChI is InChI=1S/C19H16O3S/c20-19-17(14-10-5-7-12-6-1-2-8-13(12)14)18(23-21)15-9-3-4-11-16(15)22-19/h1-4,6,8-9,11,14,21H,5,7,10H2. The number of rotatable bonds is 2. The minimum Gasteiger partial charge on any atom is -0.422 e. The predicted octanol–water partition coefficient (Wildman–Crippen LogP) is 4.83. The molecule has 0 radical (unpaired) electrons. The Morgan fingerprint density at radius 2 is 1.87 bits per heavy atom. The molecule has 1 heterocycles. The highest BCUT2D eigenvalue weighted by Gasteiger charge is 2.28. The molecule has 2 aromatic carbocycles. The Morgan fingerprint density at radius 3 is 2.74 bits per heavy atom. The fraction of sp³-hybridized carbons (Fsp3) is 0.211. The van der Waals surface area contributed by atoms with Gasteiger partial charge in [0.1, 0.15) is 5.58 Å². The number of benzene rings is 2. The van der Waals surface area contributed by atoms with Gasteiger partial charge in [-0.2, -0.15) is 0 Å². The molecule has 1 unspecified atom stereocenters. The van der Waals surface area contributed by atoms with E-state index in [0.717, 1.165) is 24.6 Å². The molecule has 116 valence electrons. The van der Waals surface area contributed by atoms with Crippen LogP contribution in [0.15, 0.2) is 62.6 Å². The fourth-order valence-electron chi connectivity index (χ4n) is 3.59. The first-order valence-electron chi connectivity index (χ1n) is 7.74. The summed E-state index contributed by atoms with van der Waals surface area (Å²) in [4.78, 5) is 13.3. The van der Waals surface area contributed by atoms with Crippen molar-refractivity contribution in [3.63, 3.8) is 0 Å². The van der Waals surface area contributed by atoms with Gasteiger partial charge < -0.3 is 8.97 Å². The van der Waals surface area contributed by atoms with E-state index in [1.54, 1.807) is 6.07 Å². The van der Waals surface area contributed by atoms with Gasteiger partial charge in [-0.15, -0.1) is 0 Å². The molecule has 1 atom stereocenters. The van der Waals surface area contributed by atoms with Crippen molar-refractivity contribution in [1.82, 2.24) is 0 Å². The third kappa shape index (κ3) is 2.38. The van der Waals surface area contributed by atoms with Crippen LogP contribution in [0, 0.1) is 0 Å². The molecule has 23 heavy (non-hydrogen) atoms. The summed E-state index contributed by atoms with van der Waals surface area (Å²) >= 11 is 0.647. The first kappa shape index (κ1) is 14.5. The van der Waals surface area contributed by atoms with Crippen molar-refractivity contribution in [2.75, 3.05) is 0 Å². The minimum atomic E-state index is -0.345. The van der Waals surface area contributed by atoms with Gasteiger partial charge in [-0.3, -0.25) is 0 Å². The third-order valence-electron chi connectivity index (χ3n) is 4.61. The lowest BCUT2D eigenvalue weighted by molar-refractivity contribution is 0.518. The monoisotopic (exact) mass is 324 g/mol. The van der Waals surface area contributed by atoms with Crippen LogP contribution in [-0.4, -0.2) is 4.55 Å². The zero-order valence-electron chi connectivity index (χ0n) is 12.5. The van der Waals surface area contributed by atoms with Crippen LogP contribution in [0.4, 0.5) is 0 Å². The maximum absolute atomic E-state index is 12.6. The molecule has 0 aliphatic heterocycles. The van der Waals surface area contributed by atoms with E-state index in [4.69, 9.17) is 4.42 Å².